The van der Waals surface area contributed by atoms with Crippen LogP contribution in [0.15, 0.2) is 54.6 Å². The summed E-state index contributed by atoms with van der Waals surface area (Å²) in [6.07, 6.45) is 2.29. The molecule has 0 spiro atoms. The van der Waals surface area contributed by atoms with Gasteiger partial charge >= 0.3 is 0 Å². The molecule has 0 radical (unpaired) electrons. The highest BCUT2D eigenvalue weighted by Gasteiger charge is 2.14. The predicted molar refractivity (Wildman–Crippen MR) is 88.6 cm³/mol. The first kappa shape index (κ1) is 15.6. The lowest BCUT2D eigenvalue weighted by atomic mass is 9.99. The van der Waals surface area contributed by atoms with Gasteiger partial charge in [0.2, 0.25) is 0 Å². The van der Waals surface area contributed by atoms with Crippen molar-refractivity contribution >= 4 is 0 Å². The lowest BCUT2D eigenvalue weighted by Gasteiger charge is -2.24. The smallest absolute Gasteiger partial charge is 0.118 e. The summed E-state index contributed by atoms with van der Waals surface area (Å²) < 4.78 is 5.24. The molecule has 112 valence electrons. The van der Waals surface area contributed by atoms with E-state index in [1.807, 2.05) is 12.1 Å². The fraction of sp³-hybridized carbons (Fsp3) is 0.368. The Hall–Kier alpha value is -1.80. The van der Waals surface area contributed by atoms with E-state index in [0.717, 1.165) is 18.6 Å². The van der Waals surface area contributed by atoms with Crippen molar-refractivity contribution < 1.29 is 4.74 Å². The second kappa shape index (κ2) is 7.84. The van der Waals surface area contributed by atoms with E-state index in [0.29, 0.717) is 12.1 Å². The van der Waals surface area contributed by atoms with Crippen LogP contribution in [-0.2, 0) is 0 Å². The van der Waals surface area contributed by atoms with Crippen LogP contribution in [0.2, 0.25) is 0 Å². The topological polar surface area (TPSA) is 21.3 Å². The summed E-state index contributed by atoms with van der Waals surface area (Å²) in [5.41, 5.74) is 2.65. The fourth-order valence-corrected chi connectivity index (χ4v) is 2.61. The summed E-state index contributed by atoms with van der Waals surface area (Å²) in [5.74, 6) is 0.908. The molecule has 0 aromatic heterocycles. The van der Waals surface area contributed by atoms with Crippen LogP contribution in [0.1, 0.15) is 49.9 Å². The maximum atomic E-state index is 5.24. The van der Waals surface area contributed by atoms with Crippen molar-refractivity contribution in [1.29, 1.82) is 0 Å². The number of benzene rings is 2. The van der Waals surface area contributed by atoms with Gasteiger partial charge in [0.15, 0.2) is 0 Å². The van der Waals surface area contributed by atoms with Crippen LogP contribution in [0.4, 0.5) is 0 Å². The minimum atomic E-state index is 0.338. The number of nitrogens with one attached hydrogen (secondary N) is 1. The second-order valence-corrected chi connectivity index (χ2v) is 5.41. The van der Waals surface area contributed by atoms with Crippen LogP contribution in [-0.4, -0.2) is 7.11 Å². The summed E-state index contributed by atoms with van der Waals surface area (Å²) in [7, 11) is 1.70. The minimum absolute atomic E-state index is 0.338. The molecule has 0 saturated heterocycles. The third kappa shape index (κ3) is 4.33. The first-order chi connectivity index (χ1) is 10.2. The molecule has 0 aliphatic carbocycles. The lowest BCUT2D eigenvalue weighted by Crippen LogP contribution is -2.24. The molecule has 0 fully saturated rings. The highest BCUT2D eigenvalue weighted by Crippen LogP contribution is 2.25. The molecule has 0 amide bonds. The van der Waals surface area contributed by atoms with Gasteiger partial charge in [-0.1, -0.05) is 55.8 Å². The van der Waals surface area contributed by atoms with Gasteiger partial charge in [-0.05, 0) is 36.6 Å². The van der Waals surface area contributed by atoms with Crippen LogP contribution in [0, 0.1) is 0 Å². The van der Waals surface area contributed by atoms with Gasteiger partial charge in [-0.25, -0.2) is 0 Å². The molecule has 2 atom stereocenters. The summed E-state index contributed by atoms with van der Waals surface area (Å²) in [6.45, 7) is 4.45. The molecular formula is C19H25NO. The Balaban J connectivity index is 2.11. The minimum Gasteiger partial charge on any atom is -0.497 e. The normalized spacial score (nSPS) is 13.7. The van der Waals surface area contributed by atoms with Gasteiger partial charge in [0, 0.05) is 12.1 Å². The Labute approximate surface area is 128 Å². The Morgan fingerprint density at radius 1 is 0.952 bits per heavy atom. The summed E-state index contributed by atoms with van der Waals surface area (Å²) in [5, 5.41) is 3.75. The van der Waals surface area contributed by atoms with E-state index in [4.69, 9.17) is 4.74 Å². The summed E-state index contributed by atoms with van der Waals surface area (Å²) in [6, 6.07) is 19.7. The highest BCUT2D eigenvalue weighted by molar-refractivity contribution is 5.29. The Morgan fingerprint density at radius 2 is 1.62 bits per heavy atom. The van der Waals surface area contributed by atoms with E-state index in [9.17, 15) is 0 Å². The van der Waals surface area contributed by atoms with E-state index in [1.165, 1.54) is 11.1 Å². The number of ether oxygens (including phenoxy) is 1. The van der Waals surface area contributed by atoms with Crippen molar-refractivity contribution in [3.05, 3.63) is 65.7 Å². The first-order valence-electron chi connectivity index (χ1n) is 7.69. The van der Waals surface area contributed by atoms with Crippen LogP contribution in [0.3, 0.4) is 0 Å². The predicted octanol–water partition coefficient (Wildman–Crippen LogP) is 4.89. The first-order valence-corrected chi connectivity index (χ1v) is 7.69. The van der Waals surface area contributed by atoms with Gasteiger partial charge in [-0.2, -0.15) is 0 Å². The number of hydrogen-bond donors (Lipinski definition) is 1. The van der Waals surface area contributed by atoms with Gasteiger partial charge in [0.25, 0.3) is 0 Å². The molecule has 2 nitrogen and oxygen atoms in total. The lowest BCUT2D eigenvalue weighted by molar-refractivity contribution is 0.412. The maximum Gasteiger partial charge on any atom is 0.118 e. The third-order valence-corrected chi connectivity index (χ3v) is 3.85. The van der Waals surface area contributed by atoms with Gasteiger partial charge in [-0.15, -0.1) is 0 Å². The quantitative estimate of drug-likeness (QED) is 0.781. The zero-order chi connectivity index (χ0) is 15.1. The van der Waals surface area contributed by atoms with E-state index < -0.39 is 0 Å². The monoisotopic (exact) mass is 283 g/mol. The molecule has 0 bridgehead atoms. The number of rotatable bonds is 7. The van der Waals surface area contributed by atoms with Gasteiger partial charge < -0.3 is 10.1 Å². The molecule has 2 aromatic carbocycles. The van der Waals surface area contributed by atoms with Crippen molar-refractivity contribution in [2.45, 2.75) is 38.8 Å². The number of hydrogen-bond acceptors (Lipinski definition) is 2. The van der Waals surface area contributed by atoms with Crippen LogP contribution < -0.4 is 10.1 Å². The van der Waals surface area contributed by atoms with Crippen molar-refractivity contribution in [2.24, 2.45) is 0 Å². The molecule has 0 saturated carbocycles. The van der Waals surface area contributed by atoms with Crippen molar-refractivity contribution in [3.63, 3.8) is 0 Å². The molecule has 1 N–H and O–H groups in total. The van der Waals surface area contributed by atoms with Crippen LogP contribution >= 0.6 is 0 Å². The Morgan fingerprint density at radius 3 is 2.19 bits per heavy atom. The van der Waals surface area contributed by atoms with E-state index >= 15 is 0 Å². The van der Waals surface area contributed by atoms with E-state index in [2.05, 4.69) is 61.6 Å². The second-order valence-electron chi connectivity index (χ2n) is 5.41. The SMILES string of the molecule is CCC[C@H](N[C@@H](C)c1ccccc1)c1ccc(OC)cc1. The molecule has 2 rings (SSSR count). The van der Waals surface area contributed by atoms with Gasteiger partial charge in [0.05, 0.1) is 7.11 Å². The largest absolute Gasteiger partial charge is 0.497 e. The third-order valence-electron chi connectivity index (χ3n) is 3.85. The van der Waals surface area contributed by atoms with Gasteiger partial charge in [-0.3, -0.25) is 0 Å². The molecule has 0 aliphatic heterocycles. The molecular weight excluding hydrogens is 258 g/mol. The summed E-state index contributed by atoms with van der Waals surface area (Å²) in [4.78, 5) is 0. The Bertz CT molecular complexity index is 521. The van der Waals surface area contributed by atoms with Crippen molar-refractivity contribution in [2.75, 3.05) is 7.11 Å². The molecule has 0 unspecified atom stereocenters. The molecule has 0 heterocycles. The van der Waals surface area contributed by atoms with E-state index in [-0.39, 0.29) is 0 Å². The van der Waals surface area contributed by atoms with E-state index in [1.54, 1.807) is 7.11 Å². The van der Waals surface area contributed by atoms with Crippen molar-refractivity contribution in [1.82, 2.24) is 5.32 Å². The number of methoxy groups -OCH3 is 1. The molecule has 0 aliphatic rings. The molecule has 21 heavy (non-hydrogen) atoms. The molecule has 2 heteroatoms. The Kier molecular flexibility index (Phi) is 5.82. The highest BCUT2D eigenvalue weighted by atomic mass is 16.5. The maximum absolute atomic E-state index is 5.24. The zero-order valence-electron chi connectivity index (χ0n) is 13.2. The average Bonchev–Trinajstić information content (AvgIpc) is 2.55. The zero-order valence-corrected chi connectivity index (χ0v) is 13.2. The van der Waals surface area contributed by atoms with Crippen LogP contribution in [0.25, 0.3) is 0 Å². The molecule has 2 aromatic rings. The fourth-order valence-electron chi connectivity index (χ4n) is 2.61. The average molecular weight is 283 g/mol. The summed E-state index contributed by atoms with van der Waals surface area (Å²) >= 11 is 0. The van der Waals surface area contributed by atoms with Crippen molar-refractivity contribution in [3.8, 4) is 5.75 Å². The van der Waals surface area contributed by atoms with Gasteiger partial charge in [0.1, 0.15) is 5.75 Å². The van der Waals surface area contributed by atoms with Crippen LogP contribution in [0.5, 0.6) is 5.75 Å². The standard InChI is InChI=1S/C19H25NO/c1-4-8-19(17-11-13-18(21-3)14-12-17)20-15(2)16-9-6-5-7-10-16/h5-7,9-15,19-20H,4,8H2,1-3H3/t15-,19-/m0/s1.